The molecule has 2 heterocycles. The van der Waals surface area contributed by atoms with Crippen LogP contribution in [0.5, 0.6) is 5.75 Å². The number of likely N-dealkylation sites (tertiary alicyclic amines) is 1. The van der Waals surface area contributed by atoms with E-state index in [2.05, 4.69) is 5.32 Å². The van der Waals surface area contributed by atoms with Gasteiger partial charge in [-0.1, -0.05) is 11.6 Å². The molecule has 0 spiro atoms. The zero-order valence-corrected chi connectivity index (χ0v) is 13.6. The first kappa shape index (κ1) is 16.1. The van der Waals surface area contributed by atoms with E-state index in [9.17, 15) is 9.59 Å². The number of hydrogen-bond acceptors (Lipinski definition) is 4. The highest BCUT2D eigenvalue weighted by Crippen LogP contribution is 2.27. The molecule has 1 aromatic rings. The molecule has 1 aromatic carbocycles. The zero-order chi connectivity index (χ0) is 16.4. The van der Waals surface area contributed by atoms with E-state index in [-0.39, 0.29) is 23.8 Å². The number of methoxy groups -OCH3 is 1. The molecule has 0 radical (unpaired) electrons. The summed E-state index contributed by atoms with van der Waals surface area (Å²) in [5.41, 5.74) is 0.405. The van der Waals surface area contributed by atoms with Gasteiger partial charge in [0.25, 0.3) is 5.91 Å². The van der Waals surface area contributed by atoms with Gasteiger partial charge in [0.1, 0.15) is 5.75 Å². The summed E-state index contributed by atoms with van der Waals surface area (Å²) in [4.78, 5) is 26.5. The summed E-state index contributed by atoms with van der Waals surface area (Å²) in [7, 11) is 1.54. The predicted molar refractivity (Wildman–Crippen MR) is 84.8 cm³/mol. The fraction of sp³-hybridized carbons (Fsp3) is 0.500. The summed E-state index contributed by atoms with van der Waals surface area (Å²) in [6.07, 6.45) is 0.323. The molecule has 2 amide bonds. The maximum atomic E-state index is 12.8. The number of carbonyl (C=O) groups is 2. The van der Waals surface area contributed by atoms with Gasteiger partial charge in [-0.15, -0.1) is 0 Å². The van der Waals surface area contributed by atoms with Crippen molar-refractivity contribution < 1.29 is 19.1 Å². The highest BCUT2D eigenvalue weighted by molar-refractivity contribution is 6.33. The van der Waals surface area contributed by atoms with Gasteiger partial charge in [0.05, 0.1) is 36.3 Å². The second-order valence-electron chi connectivity index (χ2n) is 5.69. The normalized spacial score (nSPS) is 24.4. The first-order valence-electron chi connectivity index (χ1n) is 7.62. The van der Waals surface area contributed by atoms with Gasteiger partial charge in [-0.2, -0.15) is 0 Å². The number of halogens is 1. The van der Waals surface area contributed by atoms with Gasteiger partial charge in [0.2, 0.25) is 5.91 Å². The lowest BCUT2D eigenvalue weighted by Gasteiger charge is -2.36. The maximum absolute atomic E-state index is 12.8. The van der Waals surface area contributed by atoms with Crippen molar-refractivity contribution in [2.75, 3.05) is 33.4 Å². The van der Waals surface area contributed by atoms with Gasteiger partial charge < -0.3 is 19.7 Å². The van der Waals surface area contributed by atoms with Gasteiger partial charge in [-0.25, -0.2) is 0 Å². The fourth-order valence-corrected chi connectivity index (χ4v) is 3.25. The lowest BCUT2D eigenvalue weighted by molar-refractivity contribution is -0.129. The van der Waals surface area contributed by atoms with Crippen LogP contribution < -0.4 is 10.1 Å². The highest BCUT2D eigenvalue weighted by atomic mass is 35.5. The largest absolute Gasteiger partial charge is 0.497 e. The van der Waals surface area contributed by atoms with Gasteiger partial charge in [0.15, 0.2) is 0 Å². The van der Waals surface area contributed by atoms with Crippen LogP contribution >= 0.6 is 11.6 Å². The smallest absolute Gasteiger partial charge is 0.255 e. The third-order valence-corrected chi connectivity index (χ3v) is 4.65. The number of hydrogen-bond donors (Lipinski definition) is 1. The minimum absolute atomic E-state index is 0.0130. The van der Waals surface area contributed by atoms with Crippen molar-refractivity contribution in [1.29, 1.82) is 0 Å². The van der Waals surface area contributed by atoms with E-state index < -0.39 is 0 Å². The molecule has 1 N–H and O–H groups in total. The van der Waals surface area contributed by atoms with E-state index >= 15 is 0 Å². The van der Waals surface area contributed by atoms with E-state index in [0.717, 1.165) is 0 Å². The first-order chi connectivity index (χ1) is 11.1. The van der Waals surface area contributed by atoms with Crippen molar-refractivity contribution in [3.05, 3.63) is 28.8 Å². The zero-order valence-electron chi connectivity index (χ0n) is 12.9. The maximum Gasteiger partial charge on any atom is 0.255 e. The van der Waals surface area contributed by atoms with Crippen molar-refractivity contribution >= 4 is 23.4 Å². The minimum atomic E-state index is -0.264. The van der Waals surface area contributed by atoms with Crippen molar-refractivity contribution in [3.63, 3.8) is 0 Å². The third-order valence-electron chi connectivity index (χ3n) is 4.32. The third kappa shape index (κ3) is 3.28. The Balaban J connectivity index is 1.77. The second-order valence-corrected chi connectivity index (χ2v) is 6.10. The van der Waals surface area contributed by atoms with Crippen LogP contribution in [0.1, 0.15) is 16.8 Å². The van der Waals surface area contributed by atoms with Crippen LogP contribution in [-0.4, -0.2) is 56.2 Å². The van der Waals surface area contributed by atoms with Crippen LogP contribution in [0, 0.1) is 5.92 Å². The molecule has 0 aliphatic carbocycles. The summed E-state index contributed by atoms with van der Waals surface area (Å²) >= 11 is 6.16. The molecule has 23 heavy (non-hydrogen) atoms. The number of amides is 2. The molecular formula is C16H19ClN2O4. The Morgan fingerprint density at radius 3 is 3.09 bits per heavy atom. The van der Waals surface area contributed by atoms with Crippen LogP contribution in [0.2, 0.25) is 5.02 Å². The monoisotopic (exact) mass is 338 g/mol. The summed E-state index contributed by atoms with van der Waals surface area (Å²) in [5, 5.41) is 3.23. The van der Waals surface area contributed by atoms with Crippen LogP contribution in [0.3, 0.4) is 0 Å². The number of piperidine rings is 1. The van der Waals surface area contributed by atoms with Crippen molar-refractivity contribution in [1.82, 2.24) is 10.2 Å². The first-order valence-corrected chi connectivity index (χ1v) is 8.00. The number of nitrogens with zero attached hydrogens (tertiary/aromatic N) is 1. The number of carbonyl (C=O) groups excluding carboxylic acids is 2. The topological polar surface area (TPSA) is 67.9 Å². The Kier molecular flexibility index (Phi) is 4.73. The quantitative estimate of drug-likeness (QED) is 0.883. The Morgan fingerprint density at radius 2 is 2.30 bits per heavy atom. The molecule has 7 heteroatoms. The molecule has 124 valence electrons. The van der Waals surface area contributed by atoms with Crippen molar-refractivity contribution in [2.45, 2.75) is 12.5 Å². The molecule has 2 atom stereocenters. The summed E-state index contributed by atoms with van der Waals surface area (Å²) in [6, 6.07) is 5.00. The average molecular weight is 339 g/mol. The predicted octanol–water partition coefficient (Wildman–Crippen LogP) is 1.33. The van der Waals surface area contributed by atoms with E-state index in [1.807, 2.05) is 0 Å². The minimum Gasteiger partial charge on any atom is -0.497 e. The standard InChI is InChI=1S/C16H19ClN2O4/c1-22-10-2-3-13(17)12(8-10)16(21)19-6-4-11-14(9-19)23-7-5-18-15(11)20/h2-3,8,11,14H,4-7,9H2,1H3,(H,18,20)/t11-,14+/m1/s1. The number of fused-ring (bicyclic) bond motifs is 1. The Labute approximate surface area is 139 Å². The van der Waals surface area contributed by atoms with Crippen molar-refractivity contribution in [2.24, 2.45) is 5.92 Å². The number of nitrogens with one attached hydrogen (secondary N) is 1. The number of benzene rings is 1. The lowest BCUT2D eigenvalue weighted by Crippen LogP contribution is -2.50. The molecule has 0 bridgehead atoms. The van der Waals surface area contributed by atoms with E-state index in [4.69, 9.17) is 21.1 Å². The summed E-state index contributed by atoms with van der Waals surface area (Å²) in [5.74, 6) is 0.236. The molecule has 2 aliphatic heterocycles. The number of rotatable bonds is 2. The Hall–Kier alpha value is -1.79. The molecule has 2 fully saturated rings. The Morgan fingerprint density at radius 1 is 1.48 bits per heavy atom. The molecule has 6 nitrogen and oxygen atoms in total. The van der Waals surface area contributed by atoms with Gasteiger partial charge in [0, 0.05) is 19.6 Å². The summed E-state index contributed by atoms with van der Waals surface area (Å²) < 4.78 is 10.9. The molecule has 0 unspecified atom stereocenters. The molecular weight excluding hydrogens is 320 g/mol. The molecule has 0 saturated carbocycles. The van der Waals surface area contributed by atoms with Crippen LogP contribution in [0.25, 0.3) is 0 Å². The van der Waals surface area contributed by atoms with E-state index in [1.54, 1.807) is 30.2 Å². The number of ether oxygens (including phenoxy) is 2. The van der Waals surface area contributed by atoms with E-state index in [0.29, 0.717) is 49.0 Å². The van der Waals surface area contributed by atoms with Crippen LogP contribution in [0.15, 0.2) is 18.2 Å². The molecule has 2 aliphatic rings. The van der Waals surface area contributed by atoms with Gasteiger partial charge >= 0.3 is 0 Å². The highest BCUT2D eigenvalue weighted by Gasteiger charge is 2.38. The SMILES string of the molecule is COc1ccc(Cl)c(C(=O)N2CC[C@H]3C(=O)NCCO[C@H]3C2)c1. The Bertz CT molecular complexity index is 622. The van der Waals surface area contributed by atoms with E-state index in [1.165, 1.54) is 0 Å². The fourth-order valence-electron chi connectivity index (χ4n) is 3.05. The molecule has 3 rings (SSSR count). The van der Waals surface area contributed by atoms with Gasteiger partial charge in [-0.3, -0.25) is 9.59 Å². The van der Waals surface area contributed by atoms with Gasteiger partial charge in [-0.05, 0) is 24.6 Å². The average Bonchev–Trinajstić information content (AvgIpc) is 2.76. The second kappa shape index (κ2) is 6.76. The van der Waals surface area contributed by atoms with Crippen LogP contribution in [0.4, 0.5) is 0 Å². The van der Waals surface area contributed by atoms with Crippen LogP contribution in [-0.2, 0) is 9.53 Å². The summed E-state index contributed by atoms with van der Waals surface area (Å²) in [6.45, 7) is 1.88. The lowest BCUT2D eigenvalue weighted by atomic mass is 9.92. The molecule has 2 saturated heterocycles. The van der Waals surface area contributed by atoms with Crippen molar-refractivity contribution in [3.8, 4) is 5.75 Å². The molecule has 0 aromatic heterocycles.